The molecular weight excluding hydrogens is 418 g/mol. The predicted octanol–water partition coefficient (Wildman–Crippen LogP) is -6.21. The number of piperidine rings is 1. The number of pyridine rings is 1. The molecule has 2 heterocycles. The second kappa shape index (κ2) is 14.6. The van der Waals surface area contributed by atoms with Crippen LogP contribution in [-0.4, -0.2) is 62.0 Å². The van der Waals surface area contributed by atoms with E-state index in [2.05, 4.69) is 9.88 Å². The fourth-order valence-corrected chi connectivity index (χ4v) is 3.01. The number of nitrogens with one attached hydrogen (secondary N) is 2. The van der Waals surface area contributed by atoms with E-state index in [0.29, 0.717) is 12.1 Å². The van der Waals surface area contributed by atoms with Crippen LogP contribution in [0.2, 0.25) is 0 Å². The molecule has 0 spiro atoms. The topological polar surface area (TPSA) is 155 Å². The van der Waals surface area contributed by atoms with Crippen molar-refractivity contribution >= 4 is 26.4 Å². The normalized spacial score (nSPS) is 14.8. The van der Waals surface area contributed by atoms with Crippen molar-refractivity contribution in [2.24, 2.45) is 0 Å². The van der Waals surface area contributed by atoms with E-state index in [-0.39, 0.29) is 71.5 Å². The van der Waals surface area contributed by atoms with Gasteiger partial charge in [0.1, 0.15) is 5.82 Å². The van der Waals surface area contributed by atoms with Crippen molar-refractivity contribution in [1.82, 2.24) is 14.6 Å². The van der Waals surface area contributed by atoms with Gasteiger partial charge in [-0.1, -0.05) is 12.5 Å². The molecule has 0 bridgehead atoms. The third-order valence-electron chi connectivity index (χ3n) is 3.39. The first kappa shape index (κ1) is 29.9. The SMILES string of the molecule is Cc1cccnc1NS(=O)(=O)[O-].O=S(=O)([O-])NCCN1CCCCC1.[Na+].[Na+]. The maximum absolute atomic E-state index is 10.2. The summed E-state index contributed by atoms with van der Waals surface area (Å²) >= 11 is 0. The van der Waals surface area contributed by atoms with E-state index in [9.17, 15) is 25.9 Å². The van der Waals surface area contributed by atoms with Crippen LogP contribution in [0.1, 0.15) is 24.8 Å². The average molecular weight is 440 g/mol. The Morgan fingerprint density at radius 3 is 2.15 bits per heavy atom. The van der Waals surface area contributed by atoms with E-state index >= 15 is 0 Å². The molecule has 2 rings (SSSR count). The Bertz CT molecular complexity index is 743. The van der Waals surface area contributed by atoms with Crippen LogP contribution in [0.15, 0.2) is 18.3 Å². The Morgan fingerprint density at radius 2 is 1.67 bits per heavy atom. The summed E-state index contributed by atoms with van der Waals surface area (Å²) in [5.74, 6) is 0.0764. The Morgan fingerprint density at radius 1 is 1.07 bits per heavy atom. The molecule has 0 amide bonds. The molecule has 1 saturated heterocycles. The smallest absolute Gasteiger partial charge is 0.735 e. The first-order valence-electron chi connectivity index (χ1n) is 7.65. The van der Waals surface area contributed by atoms with Gasteiger partial charge in [0.2, 0.25) is 0 Å². The minimum absolute atomic E-state index is 0. The van der Waals surface area contributed by atoms with Gasteiger partial charge in [-0.3, -0.25) is 4.72 Å². The van der Waals surface area contributed by atoms with Crippen LogP contribution in [0.25, 0.3) is 0 Å². The summed E-state index contributed by atoms with van der Waals surface area (Å²) in [5, 5.41) is 0. The summed E-state index contributed by atoms with van der Waals surface area (Å²) in [4.78, 5) is 5.84. The zero-order valence-electron chi connectivity index (χ0n) is 15.8. The number of hydrogen-bond acceptors (Lipinski definition) is 8. The van der Waals surface area contributed by atoms with Crippen molar-refractivity contribution in [3.8, 4) is 0 Å². The molecule has 1 fully saturated rings. The number of anilines is 1. The molecule has 1 aliphatic rings. The molecule has 0 unspecified atom stereocenters. The molecule has 10 nitrogen and oxygen atoms in total. The van der Waals surface area contributed by atoms with Gasteiger partial charge < -0.3 is 14.0 Å². The van der Waals surface area contributed by atoms with Gasteiger partial charge in [0, 0.05) is 19.3 Å². The van der Waals surface area contributed by atoms with Gasteiger partial charge in [0.25, 0.3) is 0 Å². The van der Waals surface area contributed by atoms with Crippen LogP contribution < -0.4 is 68.6 Å². The summed E-state index contributed by atoms with van der Waals surface area (Å²) in [7, 11) is -8.71. The first-order valence-corrected chi connectivity index (χ1v) is 10.5. The maximum Gasteiger partial charge on any atom is 1.00 e. The van der Waals surface area contributed by atoms with Crippen LogP contribution in [-0.2, 0) is 20.6 Å². The van der Waals surface area contributed by atoms with Crippen LogP contribution in [0.5, 0.6) is 0 Å². The van der Waals surface area contributed by atoms with Crippen LogP contribution in [0, 0.1) is 6.92 Å². The number of rotatable bonds is 6. The number of hydrogen-bond donors (Lipinski definition) is 2. The van der Waals surface area contributed by atoms with E-state index in [0.717, 1.165) is 13.1 Å². The molecule has 2 N–H and O–H groups in total. The first-order chi connectivity index (χ1) is 11.6. The van der Waals surface area contributed by atoms with Gasteiger partial charge in [-0.05, 0) is 44.5 Å². The minimum atomic E-state index is -4.46. The van der Waals surface area contributed by atoms with Crippen molar-refractivity contribution in [3.63, 3.8) is 0 Å². The third-order valence-corrected chi connectivity index (χ3v) is 4.39. The molecular formula is C13H22N4Na2O6S2. The molecule has 0 radical (unpaired) electrons. The van der Waals surface area contributed by atoms with Crippen molar-refractivity contribution in [2.75, 3.05) is 30.9 Å². The van der Waals surface area contributed by atoms with E-state index in [1.807, 2.05) is 4.72 Å². The van der Waals surface area contributed by atoms with Gasteiger partial charge in [-0.15, -0.1) is 0 Å². The van der Waals surface area contributed by atoms with Gasteiger partial charge >= 0.3 is 59.1 Å². The van der Waals surface area contributed by atoms with Crippen molar-refractivity contribution in [1.29, 1.82) is 0 Å². The second-order valence-electron chi connectivity index (χ2n) is 5.48. The van der Waals surface area contributed by atoms with Crippen molar-refractivity contribution in [3.05, 3.63) is 23.9 Å². The molecule has 1 aromatic rings. The summed E-state index contributed by atoms with van der Waals surface area (Å²) in [5.41, 5.74) is 0.608. The minimum Gasteiger partial charge on any atom is -0.735 e. The number of aryl methyl sites for hydroxylation is 1. The molecule has 0 aliphatic carbocycles. The van der Waals surface area contributed by atoms with Gasteiger partial charge in [-0.25, -0.2) is 26.5 Å². The number of likely N-dealkylation sites (tertiary alicyclic amines) is 1. The zero-order valence-corrected chi connectivity index (χ0v) is 21.5. The fraction of sp³-hybridized carbons (Fsp3) is 0.615. The quantitative estimate of drug-likeness (QED) is 0.327. The van der Waals surface area contributed by atoms with E-state index in [1.165, 1.54) is 25.5 Å². The van der Waals surface area contributed by atoms with Crippen LogP contribution in [0.4, 0.5) is 5.82 Å². The summed E-state index contributed by atoms with van der Waals surface area (Å²) in [6.07, 6.45) is 5.00. The molecule has 0 atom stereocenters. The second-order valence-corrected chi connectivity index (χ2v) is 7.79. The maximum atomic E-state index is 10.2. The molecule has 1 aliphatic heterocycles. The Balaban J connectivity index is 0. The fourth-order valence-electron chi connectivity index (χ4n) is 2.22. The van der Waals surface area contributed by atoms with Crippen LogP contribution in [0.3, 0.4) is 0 Å². The van der Waals surface area contributed by atoms with Gasteiger partial charge in [-0.2, -0.15) is 0 Å². The largest absolute Gasteiger partial charge is 1.00 e. The molecule has 0 aromatic carbocycles. The predicted molar refractivity (Wildman–Crippen MR) is 90.3 cm³/mol. The monoisotopic (exact) mass is 440 g/mol. The molecule has 144 valence electrons. The molecule has 27 heavy (non-hydrogen) atoms. The van der Waals surface area contributed by atoms with Crippen molar-refractivity contribution < 1.29 is 85.1 Å². The summed E-state index contributed by atoms with van der Waals surface area (Å²) < 4.78 is 65.0. The number of aromatic nitrogens is 1. The third kappa shape index (κ3) is 16.2. The average Bonchev–Trinajstić information content (AvgIpc) is 2.49. The number of nitrogens with zero attached hydrogens (tertiary/aromatic N) is 2. The Kier molecular flexibility index (Phi) is 16.2. The summed E-state index contributed by atoms with van der Waals surface area (Å²) in [6, 6.07) is 3.30. The van der Waals surface area contributed by atoms with E-state index in [1.54, 1.807) is 23.8 Å². The van der Waals surface area contributed by atoms with Gasteiger partial charge in [0.15, 0.2) is 20.6 Å². The standard InChI is InChI=1S/C7H16N2O3S.C6H8N2O3S.2Na/c10-13(11,12)8-4-7-9-5-2-1-3-6-9;1-5-3-2-4-7-6(5)8-12(9,10)11;;/h8H,1-7H2,(H,10,11,12);2-4H,1H3,(H,7,8)(H,9,10,11);;/q;;2*+1/p-2. The van der Waals surface area contributed by atoms with E-state index in [4.69, 9.17) is 0 Å². The zero-order chi connectivity index (χ0) is 18.9. The summed E-state index contributed by atoms with van der Waals surface area (Å²) in [6.45, 7) is 4.55. The van der Waals surface area contributed by atoms with Crippen molar-refractivity contribution in [2.45, 2.75) is 26.2 Å². The van der Waals surface area contributed by atoms with Gasteiger partial charge in [0.05, 0.1) is 0 Å². The molecule has 1 aromatic heterocycles. The molecule has 0 saturated carbocycles. The molecule has 14 heteroatoms. The van der Waals surface area contributed by atoms with E-state index < -0.39 is 20.6 Å². The Hall–Kier alpha value is 0.690. The van der Waals surface area contributed by atoms with Crippen LogP contribution >= 0.6 is 0 Å². The Labute approximate surface area is 205 Å².